The molecule has 94 valence electrons. The van der Waals surface area contributed by atoms with Gasteiger partial charge in [0.1, 0.15) is 6.61 Å². The van der Waals surface area contributed by atoms with Crippen LogP contribution in [0.4, 0.5) is 0 Å². The van der Waals surface area contributed by atoms with Gasteiger partial charge in [0, 0.05) is 6.92 Å². The molecule has 0 bridgehead atoms. The molecule has 0 aliphatic heterocycles. The van der Waals surface area contributed by atoms with Crippen molar-refractivity contribution >= 4 is 17.6 Å². The van der Waals surface area contributed by atoms with E-state index in [1.807, 2.05) is 13.0 Å². The maximum Gasteiger partial charge on any atom is 0.302 e. The van der Waals surface area contributed by atoms with Gasteiger partial charge in [0.15, 0.2) is 0 Å². The van der Waals surface area contributed by atoms with Crippen molar-refractivity contribution in [3.05, 3.63) is 11.6 Å². The lowest BCUT2D eigenvalue weighted by Crippen LogP contribution is -2.31. The fourth-order valence-corrected chi connectivity index (χ4v) is 1.22. The zero-order chi connectivity index (χ0) is 12.8. The third kappa shape index (κ3) is 7.71. The van der Waals surface area contributed by atoms with Crippen LogP contribution in [0.2, 0.25) is 0 Å². The standard InChI is InChI=1S/C12H21ClO3/c1-9(7-8-16-10(2)14)5-6-11(13)12(3,4)15/h7,11,15H,5-6,8H2,1-4H3. The Morgan fingerprint density at radius 1 is 1.50 bits per heavy atom. The Kier molecular flexibility index (Phi) is 6.68. The highest BCUT2D eigenvalue weighted by Gasteiger charge is 2.23. The van der Waals surface area contributed by atoms with Crippen LogP contribution in [-0.4, -0.2) is 28.7 Å². The summed E-state index contributed by atoms with van der Waals surface area (Å²) in [4.78, 5) is 10.5. The van der Waals surface area contributed by atoms with E-state index in [1.165, 1.54) is 6.92 Å². The van der Waals surface area contributed by atoms with Crippen molar-refractivity contribution in [2.75, 3.05) is 6.61 Å². The predicted octanol–water partition coefficient (Wildman–Crippen LogP) is 2.65. The van der Waals surface area contributed by atoms with Crippen LogP contribution in [0.1, 0.15) is 40.5 Å². The van der Waals surface area contributed by atoms with Gasteiger partial charge in [0.25, 0.3) is 0 Å². The molecule has 0 aromatic carbocycles. The maximum absolute atomic E-state index is 10.5. The summed E-state index contributed by atoms with van der Waals surface area (Å²) in [6.45, 7) is 7.03. The van der Waals surface area contributed by atoms with Gasteiger partial charge in [-0.25, -0.2) is 0 Å². The van der Waals surface area contributed by atoms with E-state index in [2.05, 4.69) is 0 Å². The van der Waals surface area contributed by atoms with Gasteiger partial charge in [-0.1, -0.05) is 5.57 Å². The molecular formula is C12H21ClO3. The molecule has 4 heteroatoms. The van der Waals surface area contributed by atoms with Crippen LogP contribution in [0.25, 0.3) is 0 Å². The number of carbonyl (C=O) groups excluding carboxylic acids is 1. The molecule has 0 fully saturated rings. The zero-order valence-electron chi connectivity index (χ0n) is 10.4. The van der Waals surface area contributed by atoms with Crippen molar-refractivity contribution in [3.8, 4) is 0 Å². The van der Waals surface area contributed by atoms with E-state index in [0.717, 1.165) is 12.0 Å². The van der Waals surface area contributed by atoms with Gasteiger partial charge in [0.05, 0.1) is 11.0 Å². The lowest BCUT2D eigenvalue weighted by atomic mass is 9.99. The van der Waals surface area contributed by atoms with Crippen molar-refractivity contribution in [2.45, 2.75) is 51.5 Å². The summed E-state index contributed by atoms with van der Waals surface area (Å²) in [5.41, 5.74) is 0.244. The maximum atomic E-state index is 10.5. The van der Waals surface area contributed by atoms with Crippen molar-refractivity contribution in [1.82, 2.24) is 0 Å². The van der Waals surface area contributed by atoms with Crippen LogP contribution in [0.3, 0.4) is 0 Å². The highest BCUT2D eigenvalue weighted by molar-refractivity contribution is 6.21. The quantitative estimate of drug-likeness (QED) is 0.447. The number of halogens is 1. The number of aliphatic hydroxyl groups is 1. The summed E-state index contributed by atoms with van der Waals surface area (Å²) in [5.74, 6) is -0.282. The molecule has 3 nitrogen and oxygen atoms in total. The number of ether oxygens (including phenoxy) is 1. The van der Waals surface area contributed by atoms with Gasteiger partial charge >= 0.3 is 5.97 Å². The molecule has 0 saturated heterocycles. The van der Waals surface area contributed by atoms with E-state index in [0.29, 0.717) is 13.0 Å². The summed E-state index contributed by atoms with van der Waals surface area (Å²) >= 11 is 6.02. The van der Waals surface area contributed by atoms with E-state index in [4.69, 9.17) is 16.3 Å². The number of carbonyl (C=O) groups is 1. The summed E-state index contributed by atoms with van der Waals surface area (Å²) in [6, 6.07) is 0. The van der Waals surface area contributed by atoms with Gasteiger partial charge in [-0.2, -0.15) is 0 Å². The fraction of sp³-hybridized carbons (Fsp3) is 0.750. The predicted molar refractivity (Wildman–Crippen MR) is 65.6 cm³/mol. The number of hydrogen-bond acceptors (Lipinski definition) is 3. The Labute approximate surface area is 102 Å². The molecule has 0 saturated carbocycles. The first-order chi connectivity index (χ1) is 7.23. The molecule has 0 radical (unpaired) electrons. The van der Waals surface area contributed by atoms with Crippen molar-refractivity contribution in [2.24, 2.45) is 0 Å². The average molecular weight is 249 g/mol. The number of allylic oxidation sites excluding steroid dienone is 1. The lowest BCUT2D eigenvalue weighted by molar-refractivity contribution is -0.139. The first kappa shape index (κ1) is 15.5. The molecule has 0 spiro atoms. The number of hydrogen-bond donors (Lipinski definition) is 1. The molecule has 16 heavy (non-hydrogen) atoms. The van der Waals surface area contributed by atoms with Gasteiger partial charge in [-0.05, 0) is 39.7 Å². The normalized spacial score (nSPS) is 14.8. The first-order valence-corrected chi connectivity index (χ1v) is 5.82. The molecule has 0 aromatic rings. The van der Waals surface area contributed by atoms with Crippen LogP contribution in [-0.2, 0) is 9.53 Å². The summed E-state index contributed by atoms with van der Waals surface area (Å²) < 4.78 is 4.79. The third-order valence-electron chi connectivity index (χ3n) is 2.28. The van der Waals surface area contributed by atoms with Crippen molar-refractivity contribution < 1.29 is 14.6 Å². The number of rotatable bonds is 6. The Morgan fingerprint density at radius 3 is 2.50 bits per heavy atom. The molecule has 0 amide bonds. The second kappa shape index (κ2) is 6.92. The van der Waals surface area contributed by atoms with Crippen molar-refractivity contribution in [3.63, 3.8) is 0 Å². The second-order valence-electron chi connectivity index (χ2n) is 4.51. The van der Waals surface area contributed by atoms with E-state index < -0.39 is 5.60 Å². The highest BCUT2D eigenvalue weighted by atomic mass is 35.5. The molecule has 0 rings (SSSR count). The minimum absolute atomic E-state index is 0.274. The Morgan fingerprint density at radius 2 is 2.06 bits per heavy atom. The Bertz CT molecular complexity index is 253. The van der Waals surface area contributed by atoms with Crippen molar-refractivity contribution in [1.29, 1.82) is 0 Å². The monoisotopic (exact) mass is 248 g/mol. The largest absolute Gasteiger partial charge is 0.462 e. The van der Waals surface area contributed by atoms with E-state index in [9.17, 15) is 9.90 Å². The zero-order valence-corrected chi connectivity index (χ0v) is 11.2. The molecular weight excluding hydrogens is 228 g/mol. The summed E-state index contributed by atoms with van der Waals surface area (Å²) in [5, 5.41) is 9.35. The molecule has 1 N–H and O–H groups in total. The Balaban J connectivity index is 3.88. The summed E-state index contributed by atoms with van der Waals surface area (Å²) in [6.07, 6.45) is 3.35. The highest BCUT2D eigenvalue weighted by Crippen LogP contribution is 2.21. The average Bonchev–Trinajstić information content (AvgIpc) is 2.11. The number of esters is 1. The van der Waals surface area contributed by atoms with Gasteiger partial charge in [0.2, 0.25) is 0 Å². The SMILES string of the molecule is CC(=O)OCC=C(C)CCC(Cl)C(C)(C)O. The lowest BCUT2D eigenvalue weighted by Gasteiger charge is -2.23. The fourth-order valence-electron chi connectivity index (χ4n) is 1.11. The van der Waals surface area contributed by atoms with Crippen LogP contribution in [0.15, 0.2) is 11.6 Å². The van der Waals surface area contributed by atoms with E-state index in [1.54, 1.807) is 13.8 Å². The second-order valence-corrected chi connectivity index (χ2v) is 5.04. The third-order valence-corrected chi connectivity index (χ3v) is 3.03. The smallest absolute Gasteiger partial charge is 0.302 e. The Hall–Kier alpha value is -0.540. The van der Waals surface area contributed by atoms with Crippen LogP contribution < -0.4 is 0 Å². The minimum atomic E-state index is -0.863. The summed E-state index contributed by atoms with van der Waals surface area (Å²) in [7, 11) is 0. The molecule has 1 atom stereocenters. The van der Waals surface area contributed by atoms with Gasteiger partial charge in [-0.15, -0.1) is 11.6 Å². The van der Waals surface area contributed by atoms with E-state index >= 15 is 0 Å². The molecule has 0 heterocycles. The topological polar surface area (TPSA) is 46.5 Å². The minimum Gasteiger partial charge on any atom is -0.462 e. The molecule has 0 aliphatic carbocycles. The number of alkyl halides is 1. The van der Waals surface area contributed by atoms with Crippen LogP contribution >= 0.6 is 11.6 Å². The molecule has 1 unspecified atom stereocenters. The van der Waals surface area contributed by atoms with E-state index in [-0.39, 0.29) is 11.3 Å². The van der Waals surface area contributed by atoms with Gasteiger partial charge in [-0.3, -0.25) is 4.79 Å². The molecule has 0 aromatic heterocycles. The van der Waals surface area contributed by atoms with Crippen LogP contribution in [0.5, 0.6) is 0 Å². The van der Waals surface area contributed by atoms with Gasteiger partial charge < -0.3 is 9.84 Å². The molecule has 0 aliphatic rings. The first-order valence-electron chi connectivity index (χ1n) is 5.39. The van der Waals surface area contributed by atoms with Crippen LogP contribution in [0, 0.1) is 0 Å².